The van der Waals surface area contributed by atoms with Gasteiger partial charge >= 0.3 is 0 Å². The molecule has 0 aliphatic heterocycles. The SMILES string of the molecule is COc1ccc(CC[CH]c2cc(F)ccc2O)cc1OC. The van der Waals surface area contributed by atoms with Crippen LogP contribution in [-0.4, -0.2) is 19.3 Å². The number of phenols is 1. The van der Waals surface area contributed by atoms with E-state index >= 15 is 0 Å². The topological polar surface area (TPSA) is 38.7 Å². The Hall–Kier alpha value is -2.23. The molecule has 0 saturated carbocycles. The van der Waals surface area contributed by atoms with Gasteiger partial charge < -0.3 is 14.6 Å². The summed E-state index contributed by atoms with van der Waals surface area (Å²) < 4.78 is 23.6. The molecule has 111 valence electrons. The fourth-order valence-electron chi connectivity index (χ4n) is 2.12. The van der Waals surface area contributed by atoms with Crippen molar-refractivity contribution < 1.29 is 19.0 Å². The zero-order valence-corrected chi connectivity index (χ0v) is 12.1. The number of methoxy groups -OCH3 is 2. The Balaban J connectivity index is 1.98. The van der Waals surface area contributed by atoms with Gasteiger partial charge in [0.2, 0.25) is 0 Å². The van der Waals surface area contributed by atoms with Crippen molar-refractivity contribution in [3.63, 3.8) is 0 Å². The molecule has 4 heteroatoms. The summed E-state index contributed by atoms with van der Waals surface area (Å²) in [5.41, 5.74) is 1.59. The van der Waals surface area contributed by atoms with Crippen molar-refractivity contribution in [1.29, 1.82) is 0 Å². The molecular formula is C17H18FO3. The van der Waals surface area contributed by atoms with Gasteiger partial charge in [-0.3, -0.25) is 0 Å². The van der Waals surface area contributed by atoms with Gasteiger partial charge in [-0.25, -0.2) is 4.39 Å². The van der Waals surface area contributed by atoms with E-state index in [1.807, 2.05) is 24.6 Å². The Labute approximate surface area is 124 Å². The maximum Gasteiger partial charge on any atom is 0.160 e. The summed E-state index contributed by atoms with van der Waals surface area (Å²) in [5.74, 6) is 1.10. The van der Waals surface area contributed by atoms with E-state index in [4.69, 9.17) is 9.47 Å². The Bertz CT molecular complexity index is 611. The number of phenolic OH excluding ortho intramolecular Hbond substituents is 1. The van der Waals surface area contributed by atoms with Crippen molar-refractivity contribution in [2.24, 2.45) is 0 Å². The van der Waals surface area contributed by atoms with Gasteiger partial charge in [-0.05, 0) is 55.2 Å². The Morgan fingerprint density at radius 3 is 2.52 bits per heavy atom. The summed E-state index contributed by atoms with van der Waals surface area (Å²) in [5, 5.41) is 9.65. The molecule has 0 aliphatic rings. The molecule has 21 heavy (non-hydrogen) atoms. The molecule has 1 radical (unpaired) electrons. The predicted molar refractivity (Wildman–Crippen MR) is 79.3 cm³/mol. The first-order valence-corrected chi connectivity index (χ1v) is 6.66. The van der Waals surface area contributed by atoms with E-state index in [2.05, 4.69) is 0 Å². The molecule has 1 N–H and O–H groups in total. The maximum absolute atomic E-state index is 13.1. The summed E-state index contributed by atoms with van der Waals surface area (Å²) in [4.78, 5) is 0. The van der Waals surface area contributed by atoms with Crippen molar-refractivity contribution in [3.05, 3.63) is 59.8 Å². The zero-order chi connectivity index (χ0) is 15.2. The molecule has 0 unspecified atom stereocenters. The number of benzene rings is 2. The van der Waals surface area contributed by atoms with E-state index in [0.717, 1.165) is 12.0 Å². The van der Waals surface area contributed by atoms with Crippen molar-refractivity contribution in [2.75, 3.05) is 14.2 Å². The number of hydrogen-bond acceptors (Lipinski definition) is 3. The lowest BCUT2D eigenvalue weighted by atomic mass is 10.0. The van der Waals surface area contributed by atoms with Crippen LogP contribution in [0.25, 0.3) is 0 Å². The van der Waals surface area contributed by atoms with Crippen LogP contribution in [0.4, 0.5) is 4.39 Å². The van der Waals surface area contributed by atoms with Crippen LogP contribution in [0, 0.1) is 12.2 Å². The fourth-order valence-corrected chi connectivity index (χ4v) is 2.12. The number of rotatable bonds is 6. The van der Waals surface area contributed by atoms with Crippen LogP contribution < -0.4 is 9.47 Å². The van der Waals surface area contributed by atoms with Crippen molar-refractivity contribution in [1.82, 2.24) is 0 Å². The summed E-state index contributed by atoms with van der Waals surface area (Å²) in [6.45, 7) is 0. The minimum absolute atomic E-state index is 0.0868. The van der Waals surface area contributed by atoms with Gasteiger partial charge in [0.1, 0.15) is 11.6 Å². The number of aromatic hydroxyl groups is 1. The van der Waals surface area contributed by atoms with E-state index in [1.54, 1.807) is 14.2 Å². The normalized spacial score (nSPS) is 10.4. The molecule has 0 heterocycles. The number of halogens is 1. The largest absolute Gasteiger partial charge is 0.508 e. The zero-order valence-electron chi connectivity index (χ0n) is 12.1. The van der Waals surface area contributed by atoms with Gasteiger partial charge in [0.25, 0.3) is 0 Å². The summed E-state index contributed by atoms with van der Waals surface area (Å²) in [7, 11) is 3.19. The lowest BCUT2D eigenvalue weighted by Gasteiger charge is -2.09. The summed E-state index contributed by atoms with van der Waals surface area (Å²) >= 11 is 0. The second-order valence-corrected chi connectivity index (χ2v) is 4.64. The third-order valence-corrected chi connectivity index (χ3v) is 3.23. The highest BCUT2D eigenvalue weighted by Gasteiger charge is 2.06. The van der Waals surface area contributed by atoms with Gasteiger partial charge in [-0.2, -0.15) is 0 Å². The van der Waals surface area contributed by atoms with E-state index in [1.165, 1.54) is 18.2 Å². The molecule has 0 aliphatic carbocycles. The quantitative estimate of drug-likeness (QED) is 0.880. The molecule has 2 aromatic carbocycles. The molecule has 0 spiro atoms. The lowest BCUT2D eigenvalue weighted by Crippen LogP contribution is -1.94. The average Bonchev–Trinajstić information content (AvgIpc) is 2.50. The molecule has 0 saturated heterocycles. The van der Waals surface area contributed by atoms with Crippen molar-refractivity contribution in [3.8, 4) is 17.2 Å². The monoisotopic (exact) mass is 289 g/mol. The third-order valence-electron chi connectivity index (χ3n) is 3.23. The molecule has 2 rings (SSSR count). The molecule has 0 amide bonds. The predicted octanol–water partition coefficient (Wildman–Crippen LogP) is 3.73. The van der Waals surface area contributed by atoms with Gasteiger partial charge in [-0.1, -0.05) is 6.07 Å². The summed E-state index contributed by atoms with van der Waals surface area (Å²) in [6, 6.07) is 9.65. The third kappa shape index (κ3) is 3.88. The molecule has 0 bridgehead atoms. The standard InChI is InChI=1S/C17H18FO3/c1-20-16-9-6-12(10-17(16)21-2)4-3-5-13-11-14(18)7-8-15(13)19/h5-11,19H,3-4H2,1-2H3. The molecule has 0 aromatic heterocycles. The van der Waals surface area contributed by atoms with Crippen LogP contribution in [0.5, 0.6) is 17.2 Å². The first kappa shape index (κ1) is 15.2. The van der Waals surface area contributed by atoms with Crippen LogP contribution in [0.1, 0.15) is 17.5 Å². The Morgan fingerprint density at radius 1 is 1.05 bits per heavy atom. The fraction of sp³-hybridized carbons (Fsp3) is 0.235. The van der Waals surface area contributed by atoms with Gasteiger partial charge in [-0.15, -0.1) is 0 Å². The molecule has 2 aromatic rings. The summed E-state index contributed by atoms with van der Waals surface area (Å²) in [6.07, 6.45) is 3.26. The first-order chi connectivity index (χ1) is 10.1. The molecule has 3 nitrogen and oxygen atoms in total. The van der Waals surface area contributed by atoms with Crippen molar-refractivity contribution in [2.45, 2.75) is 12.8 Å². The highest BCUT2D eigenvalue weighted by atomic mass is 19.1. The van der Waals surface area contributed by atoms with Crippen LogP contribution in [0.2, 0.25) is 0 Å². The van der Waals surface area contributed by atoms with E-state index in [9.17, 15) is 9.50 Å². The minimum Gasteiger partial charge on any atom is -0.508 e. The lowest BCUT2D eigenvalue weighted by molar-refractivity contribution is 0.354. The molecule has 0 fully saturated rings. The minimum atomic E-state index is -0.356. The average molecular weight is 289 g/mol. The first-order valence-electron chi connectivity index (χ1n) is 6.66. The number of aryl methyl sites for hydroxylation is 1. The van der Waals surface area contributed by atoms with E-state index < -0.39 is 0 Å². The number of ether oxygens (including phenoxy) is 2. The van der Waals surface area contributed by atoms with Crippen molar-refractivity contribution >= 4 is 0 Å². The van der Waals surface area contributed by atoms with E-state index in [-0.39, 0.29) is 11.6 Å². The van der Waals surface area contributed by atoms with Gasteiger partial charge in [0.15, 0.2) is 11.5 Å². The number of hydrogen-bond donors (Lipinski definition) is 1. The van der Waals surface area contributed by atoms with E-state index in [0.29, 0.717) is 23.5 Å². The molecule has 0 atom stereocenters. The highest BCUT2D eigenvalue weighted by molar-refractivity contribution is 5.43. The second kappa shape index (κ2) is 6.97. The van der Waals surface area contributed by atoms with Gasteiger partial charge in [0, 0.05) is 5.56 Å². The Morgan fingerprint density at radius 2 is 1.81 bits per heavy atom. The molecular weight excluding hydrogens is 271 g/mol. The second-order valence-electron chi connectivity index (χ2n) is 4.64. The van der Waals surface area contributed by atoms with Crippen LogP contribution >= 0.6 is 0 Å². The van der Waals surface area contributed by atoms with Crippen LogP contribution in [-0.2, 0) is 6.42 Å². The van der Waals surface area contributed by atoms with Crippen LogP contribution in [0.3, 0.4) is 0 Å². The van der Waals surface area contributed by atoms with Crippen LogP contribution in [0.15, 0.2) is 36.4 Å². The van der Waals surface area contributed by atoms with Gasteiger partial charge in [0.05, 0.1) is 14.2 Å². The highest BCUT2D eigenvalue weighted by Crippen LogP contribution is 2.28. The maximum atomic E-state index is 13.1. The Kier molecular flexibility index (Phi) is 5.04. The smallest absolute Gasteiger partial charge is 0.160 e.